The van der Waals surface area contributed by atoms with E-state index in [-0.39, 0.29) is 13.0 Å². The van der Waals surface area contributed by atoms with Crippen molar-refractivity contribution in [2.24, 2.45) is 0 Å². The number of fused-ring (bicyclic) bond motifs is 2. The number of nitrogens with zero attached hydrogens (tertiary/aromatic N) is 3. The van der Waals surface area contributed by atoms with Gasteiger partial charge in [0.15, 0.2) is 5.65 Å². The summed E-state index contributed by atoms with van der Waals surface area (Å²) < 4.78 is 32.6. The maximum absolute atomic E-state index is 13.6. The number of aromatic amines is 2. The number of likely N-dealkylation sites (tertiary alicyclic amines) is 1. The number of benzene rings is 2. The summed E-state index contributed by atoms with van der Waals surface area (Å²) in [5.74, 6) is -2.59. The number of H-pyrrole nitrogens is 2. The number of nitrogens with one attached hydrogen (secondary N) is 2. The highest BCUT2D eigenvalue weighted by Crippen LogP contribution is 2.35. The predicted octanol–water partition coefficient (Wildman–Crippen LogP) is 6.87. The van der Waals surface area contributed by atoms with E-state index in [1.807, 2.05) is 41.3 Å². The lowest BCUT2D eigenvalue weighted by atomic mass is 10.0. The van der Waals surface area contributed by atoms with E-state index in [1.165, 1.54) is 0 Å². The smallest absolute Gasteiger partial charge is 0.261 e. The fourth-order valence-electron chi connectivity index (χ4n) is 5.27. The van der Waals surface area contributed by atoms with Crippen molar-refractivity contribution in [3.05, 3.63) is 85.0 Å². The van der Waals surface area contributed by atoms with Crippen LogP contribution in [0.4, 0.5) is 8.78 Å². The van der Waals surface area contributed by atoms with Gasteiger partial charge in [0.05, 0.1) is 30.5 Å². The molecule has 0 spiro atoms. The van der Waals surface area contributed by atoms with Crippen LogP contribution in [0, 0.1) is 0 Å². The molecule has 1 aliphatic heterocycles. The Labute approximate surface area is 210 Å². The third-order valence-corrected chi connectivity index (χ3v) is 7.09. The molecule has 0 amide bonds. The largest absolute Gasteiger partial charge is 0.472 e. The lowest BCUT2D eigenvalue weighted by molar-refractivity contribution is 0.0115. The molecule has 1 saturated heterocycles. The molecular weight excluding hydrogens is 472 g/mol. The number of pyridine rings is 1. The summed E-state index contributed by atoms with van der Waals surface area (Å²) in [5, 5.41) is 9.56. The first-order chi connectivity index (χ1) is 18.0. The molecule has 0 radical (unpaired) electrons. The fraction of sp³-hybridized carbons (Fsp3) is 0.172. The van der Waals surface area contributed by atoms with Crippen molar-refractivity contribution in [1.82, 2.24) is 25.1 Å². The lowest BCUT2D eigenvalue weighted by Crippen LogP contribution is -2.24. The molecule has 1 aliphatic rings. The average molecular weight is 496 g/mol. The summed E-state index contributed by atoms with van der Waals surface area (Å²) in [6.45, 7) is 0.732. The van der Waals surface area contributed by atoms with Gasteiger partial charge in [-0.05, 0) is 47.0 Å². The third kappa shape index (κ3) is 3.99. The SMILES string of the molecule is FC1(F)CCN(Cc2cccc(-c3cnc4n[nH]c(-c5cc6c(-c7ccoc7)cccc6[nH]5)c4c3)c2)C1. The summed E-state index contributed by atoms with van der Waals surface area (Å²) in [6, 6.07) is 20.3. The van der Waals surface area contributed by atoms with Gasteiger partial charge in [0, 0.05) is 53.1 Å². The maximum atomic E-state index is 13.6. The van der Waals surface area contributed by atoms with Crippen LogP contribution in [-0.2, 0) is 6.54 Å². The van der Waals surface area contributed by atoms with E-state index < -0.39 is 5.92 Å². The molecule has 184 valence electrons. The normalized spacial score (nSPS) is 15.7. The van der Waals surface area contributed by atoms with Crippen LogP contribution in [0.2, 0.25) is 0 Å². The van der Waals surface area contributed by atoms with Crippen LogP contribution in [0.15, 0.2) is 83.8 Å². The fourth-order valence-corrected chi connectivity index (χ4v) is 5.27. The van der Waals surface area contributed by atoms with Crippen molar-refractivity contribution in [2.75, 3.05) is 13.1 Å². The Bertz CT molecular complexity index is 1730. The summed E-state index contributed by atoms with van der Waals surface area (Å²) in [4.78, 5) is 9.91. The molecule has 8 heteroatoms. The summed E-state index contributed by atoms with van der Waals surface area (Å²) in [5.41, 5.74) is 8.46. The van der Waals surface area contributed by atoms with Gasteiger partial charge >= 0.3 is 0 Å². The topological polar surface area (TPSA) is 73.7 Å². The molecule has 4 aromatic heterocycles. The predicted molar refractivity (Wildman–Crippen MR) is 139 cm³/mol. The van der Waals surface area contributed by atoms with Gasteiger partial charge in [0.1, 0.15) is 0 Å². The molecule has 0 saturated carbocycles. The van der Waals surface area contributed by atoms with Gasteiger partial charge in [-0.1, -0.05) is 30.3 Å². The minimum absolute atomic E-state index is 0.0755. The zero-order valence-corrected chi connectivity index (χ0v) is 19.8. The van der Waals surface area contributed by atoms with Crippen molar-refractivity contribution >= 4 is 21.9 Å². The zero-order chi connectivity index (χ0) is 25.0. The van der Waals surface area contributed by atoms with Gasteiger partial charge in [-0.3, -0.25) is 10.00 Å². The van der Waals surface area contributed by atoms with Gasteiger partial charge in [0.2, 0.25) is 0 Å². The summed E-state index contributed by atoms with van der Waals surface area (Å²) in [7, 11) is 0. The molecule has 2 aromatic carbocycles. The molecule has 0 bridgehead atoms. The van der Waals surface area contributed by atoms with Crippen molar-refractivity contribution < 1.29 is 13.2 Å². The minimum atomic E-state index is -2.59. The van der Waals surface area contributed by atoms with E-state index >= 15 is 0 Å². The van der Waals surface area contributed by atoms with Crippen LogP contribution in [0.3, 0.4) is 0 Å². The first-order valence-electron chi connectivity index (χ1n) is 12.2. The van der Waals surface area contributed by atoms with E-state index in [9.17, 15) is 8.78 Å². The molecule has 0 atom stereocenters. The van der Waals surface area contributed by atoms with Crippen molar-refractivity contribution in [1.29, 1.82) is 0 Å². The highest BCUT2D eigenvalue weighted by atomic mass is 19.3. The van der Waals surface area contributed by atoms with Gasteiger partial charge in [-0.25, -0.2) is 13.8 Å². The van der Waals surface area contributed by atoms with E-state index in [4.69, 9.17) is 4.42 Å². The number of furan rings is 1. The van der Waals surface area contributed by atoms with E-state index in [0.717, 1.165) is 55.5 Å². The molecular formula is C29H23F2N5O. The zero-order valence-electron chi connectivity index (χ0n) is 19.8. The highest BCUT2D eigenvalue weighted by molar-refractivity contribution is 6.01. The molecule has 6 nitrogen and oxygen atoms in total. The molecule has 0 aliphatic carbocycles. The van der Waals surface area contributed by atoms with Crippen LogP contribution < -0.4 is 0 Å². The summed E-state index contributed by atoms with van der Waals surface area (Å²) in [6.07, 6.45) is 5.14. The van der Waals surface area contributed by atoms with Gasteiger partial charge in [0.25, 0.3) is 5.92 Å². The minimum Gasteiger partial charge on any atom is -0.472 e. The molecule has 5 heterocycles. The van der Waals surface area contributed by atoms with Crippen LogP contribution in [0.5, 0.6) is 0 Å². The van der Waals surface area contributed by atoms with E-state index in [2.05, 4.69) is 44.4 Å². The van der Waals surface area contributed by atoms with Crippen LogP contribution in [0.25, 0.3) is 55.6 Å². The first kappa shape index (κ1) is 21.9. The van der Waals surface area contributed by atoms with Crippen LogP contribution in [0.1, 0.15) is 12.0 Å². The molecule has 2 N–H and O–H groups in total. The molecule has 7 rings (SSSR count). The molecule has 1 fully saturated rings. The van der Waals surface area contributed by atoms with Gasteiger partial charge in [-0.15, -0.1) is 0 Å². The van der Waals surface area contributed by atoms with E-state index in [1.54, 1.807) is 18.7 Å². The Morgan fingerprint density at radius 2 is 1.89 bits per heavy atom. The Morgan fingerprint density at radius 3 is 2.73 bits per heavy atom. The lowest BCUT2D eigenvalue weighted by Gasteiger charge is -2.16. The van der Waals surface area contributed by atoms with Crippen molar-refractivity contribution in [2.45, 2.75) is 18.9 Å². The second-order valence-electron chi connectivity index (χ2n) is 9.67. The Morgan fingerprint density at radius 1 is 0.973 bits per heavy atom. The van der Waals surface area contributed by atoms with Crippen LogP contribution in [-0.4, -0.2) is 44.1 Å². The van der Waals surface area contributed by atoms with E-state index in [0.29, 0.717) is 18.7 Å². The monoisotopic (exact) mass is 495 g/mol. The van der Waals surface area contributed by atoms with Crippen molar-refractivity contribution in [3.63, 3.8) is 0 Å². The van der Waals surface area contributed by atoms with Crippen molar-refractivity contribution in [3.8, 4) is 33.6 Å². The van der Waals surface area contributed by atoms with Crippen LogP contribution >= 0.6 is 0 Å². The number of hydrogen-bond acceptors (Lipinski definition) is 4. The maximum Gasteiger partial charge on any atom is 0.261 e. The standard InChI is InChI=1S/C29H23F2N5O/c30-29(31)8-9-36(17-29)15-18-3-1-4-19(11-18)21-12-24-27(34-35-28(24)32-14-21)26-13-23-22(20-7-10-37-16-20)5-2-6-25(23)33-26/h1-7,10-14,16,33H,8-9,15,17H2,(H,32,34,35). The first-order valence-corrected chi connectivity index (χ1v) is 12.2. The number of alkyl halides is 2. The number of rotatable bonds is 5. The number of aromatic nitrogens is 4. The quantitative estimate of drug-likeness (QED) is 0.274. The highest BCUT2D eigenvalue weighted by Gasteiger charge is 2.37. The Kier molecular flexibility index (Phi) is 4.97. The average Bonchev–Trinajstić information content (AvgIpc) is 3.69. The molecule has 37 heavy (non-hydrogen) atoms. The second-order valence-corrected chi connectivity index (χ2v) is 9.67. The Hall–Kier alpha value is -4.30. The third-order valence-electron chi connectivity index (χ3n) is 7.09. The second kappa shape index (κ2) is 8.38. The molecule has 6 aromatic rings. The number of halogens is 2. The summed E-state index contributed by atoms with van der Waals surface area (Å²) >= 11 is 0. The van der Waals surface area contributed by atoms with Gasteiger partial charge < -0.3 is 9.40 Å². The number of hydrogen-bond donors (Lipinski definition) is 2. The Balaban J connectivity index is 1.24. The molecule has 0 unspecified atom stereocenters. The van der Waals surface area contributed by atoms with Gasteiger partial charge in [-0.2, -0.15) is 5.10 Å².